The summed E-state index contributed by atoms with van der Waals surface area (Å²) in [4.78, 5) is 23.2. The van der Waals surface area contributed by atoms with Crippen LogP contribution >= 0.6 is 0 Å². The number of carbonyl (C=O) groups is 2. The van der Waals surface area contributed by atoms with E-state index in [1.165, 1.54) is 0 Å². The van der Waals surface area contributed by atoms with Gasteiger partial charge in [0.15, 0.2) is 0 Å². The van der Waals surface area contributed by atoms with Gasteiger partial charge >= 0.3 is 12.1 Å². The van der Waals surface area contributed by atoms with Crippen LogP contribution in [-0.4, -0.2) is 49.6 Å². The lowest BCUT2D eigenvalue weighted by molar-refractivity contribution is -0.141. The number of rotatable bonds is 5. The van der Waals surface area contributed by atoms with Crippen molar-refractivity contribution in [1.29, 1.82) is 0 Å². The summed E-state index contributed by atoms with van der Waals surface area (Å²) in [7, 11) is -3.52. The first-order chi connectivity index (χ1) is 10.4. The van der Waals surface area contributed by atoms with Gasteiger partial charge in [-0.3, -0.25) is 4.18 Å². The summed E-state index contributed by atoms with van der Waals surface area (Å²) < 4.78 is 32.2. The fourth-order valence-corrected chi connectivity index (χ4v) is 3.27. The van der Waals surface area contributed by atoms with Crippen LogP contribution < -0.4 is 5.32 Å². The molecule has 1 fully saturated rings. The van der Waals surface area contributed by atoms with Gasteiger partial charge in [-0.05, 0) is 52.4 Å². The van der Waals surface area contributed by atoms with E-state index in [1.54, 1.807) is 20.8 Å². The van der Waals surface area contributed by atoms with E-state index in [0.717, 1.165) is 6.26 Å². The lowest BCUT2D eigenvalue weighted by Gasteiger charge is -2.32. The van der Waals surface area contributed by atoms with Crippen LogP contribution in [0.1, 0.15) is 46.5 Å². The molecule has 23 heavy (non-hydrogen) atoms. The van der Waals surface area contributed by atoms with Crippen molar-refractivity contribution in [3.8, 4) is 0 Å². The van der Waals surface area contributed by atoms with Gasteiger partial charge in [0.1, 0.15) is 11.6 Å². The maximum absolute atomic E-state index is 11.8. The van der Waals surface area contributed by atoms with Gasteiger partial charge in [0.25, 0.3) is 10.1 Å². The van der Waals surface area contributed by atoms with Gasteiger partial charge in [0.05, 0.1) is 12.4 Å². The molecule has 0 radical (unpaired) electrons. The molecule has 1 saturated carbocycles. The second kappa shape index (κ2) is 7.48. The SMILES string of the molecule is CC(C)(C)OC(=O)N[C@H](C(=O)O)C1CCC(OS(C)(=O)=O)CC1. The van der Waals surface area contributed by atoms with Gasteiger partial charge in [-0.1, -0.05) is 0 Å². The first kappa shape index (κ1) is 19.7. The minimum absolute atomic E-state index is 0.292. The number of amides is 1. The monoisotopic (exact) mass is 351 g/mol. The average molecular weight is 351 g/mol. The fraction of sp³-hybridized carbons (Fsp3) is 0.857. The Balaban J connectivity index is 2.60. The molecule has 9 heteroatoms. The van der Waals surface area contributed by atoms with Gasteiger partial charge < -0.3 is 15.2 Å². The number of carbonyl (C=O) groups excluding carboxylic acids is 1. The highest BCUT2D eigenvalue weighted by Crippen LogP contribution is 2.29. The van der Waals surface area contributed by atoms with Crippen molar-refractivity contribution in [3.63, 3.8) is 0 Å². The largest absolute Gasteiger partial charge is 0.480 e. The van der Waals surface area contributed by atoms with Gasteiger partial charge in [-0.15, -0.1) is 0 Å². The van der Waals surface area contributed by atoms with Crippen LogP contribution in [0.15, 0.2) is 0 Å². The average Bonchev–Trinajstić information content (AvgIpc) is 2.32. The van der Waals surface area contributed by atoms with Gasteiger partial charge in [-0.25, -0.2) is 9.59 Å². The van der Waals surface area contributed by atoms with E-state index in [2.05, 4.69) is 5.32 Å². The summed E-state index contributed by atoms with van der Waals surface area (Å²) in [6, 6.07) is -1.07. The molecule has 0 aromatic rings. The van der Waals surface area contributed by atoms with Crippen molar-refractivity contribution in [1.82, 2.24) is 5.32 Å². The highest BCUT2D eigenvalue weighted by Gasteiger charge is 2.35. The van der Waals surface area contributed by atoms with Crippen LogP contribution in [0.4, 0.5) is 4.79 Å². The number of alkyl carbamates (subject to hydrolysis) is 1. The van der Waals surface area contributed by atoms with Crippen molar-refractivity contribution in [3.05, 3.63) is 0 Å². The Hall–Kier alpha value is -1.35. The third kappa shape index (κ3) is 7.65. The molecule has 2 N–H and O–H groups in total. The van der Waals surface area contributed by atoms with E-state index < -0.39 is 39.9 Å². The lowest BCUT2D eigenvalue weighted by atomic mass is 9.82. The molecular weight excluding hydrogens is 326 g/mol. The smallest absolute Gasteiger partial charge is 0.408 e. The summed E-state index contributed by atoms with van der Waals surface area (Å²) in [5.74, 6) is -1.43. The molecule has 0 aromatic carbocycles. The Morgan fingerprint density at radius 1 is 1.17 bits per heavy atom. The number of hydrogen-bond acceptors (Lipinski definition) is 6. The van der Waals surface area contributed by atoms with Crippen LogP contribution in [-0.2, 0) is 23.8 Å². The Morgan fingerprint density at radius 2 is 1.70 bits per heavy atom. The topological polar surface area (TPSA) is 119 Å². The molecule has 1 atom stereocenters. The number of aliphatic carboxylic acids is 1. The minimum atomic E-state index is -3.52. The molecule has 1 aliphatic carbocycles. The number of ether oxygens (including phenoxy) is 1. The van der Waals surface area contributed by atoms with Crippen LogP contribution in [0.5, 0.6) is 0 Å². The maximum Gasteiger partial charge on any atom is 0.408 e. The van der Waals surface area contributed by atoms with Gasteiger partial charge in [0.2, 0.25) is 0 Å². The van der Waals surface area contributed by atoms with E-state index in [0.29, 0.717) is 25.7 Å². The molecule has 0 spiro atoms. The summed E-state index contributed by atoms with van der Waals surface area (Å²) in [6.45, 7) is 5.07. The molecule has 0 unspecified atom stereocenters. The number of nitrogens with one attached hydrogen (secondary N) is 1. The lowest BCUT2D eigenvalue weighted by Crippen LogP contribution is -2.48. The molecule has 8 nitrogen and oxygen atoms in total. The molecule has 0 aliphatic heterocycles. The molecule has 1 amide bonds. The second-order valence-electron chi connectivity index (χ2n) is 6.80. The predicted molar refractivity (Wildman–Crippen MR) is 82.5 cm³/mol. The molecule has 0 heterocycles. The van der Waals surface area contributed by atoms with E-state index >= 15 is 0 Å². The summed E-state index contributed by atoms with van der Waals surface area (Å²) in [6.07, 6.45) is 1.54. The zero-order chi connectivity index (χ0) is 17.8. The van der Waals surface area contributed by atoms with Crippen molar-refractivity contribution >= 4 is 22.2 Å². The highest BCUT2D eigenvalue weighted by molar-refractivity contribution is 7.86. The number of carboxylic acids is 1. The minimum Gasteiger partial charge on any atom is -0.480 e. The molecule has 0 aromatic heterocycles. The van der Waals surface area contributed by atoms with Crippen LogP contribution in [0.3, 0.4) is 0 Å². The fourth-order valence-electron chi connectivity index (χ4n) is 2.58. The van der Waals surface area contributed by atoms with Crippen LogP contribution in [0.25, 0.3) is 0 Å². The van der Waals surface area contributed by atoms with Crippen molar-refractivity contribution in [2.24, 2.45) is 5.92 Å². The molecular formula is C14H25NO7S. The first-order valence-corrected chi connectivity index (χ1v) is 9.29. The van der Waals surface area contributed by atoms with E-state index in [9.17, 15) is 23.1 Å². The third-order valence-electron chi connectivity index (χ3n) is 3.44. The summed E-state index contributed by atoms with van der Waals surface area (Å²) in [5, 5.41) is 11.7. The van der Waals surface area contributed by atoms with E-state index in [4.69, 9.17) is 8.92 Å². The van der Waals surface area contributed by atoms with Crippen LogP contribution in [0.2, 0.25) is 0 Å². The predicted octanol–water partition coefficient (Wildman–Crippen LogP) is 1.50. The normalized spacial score (nSPS) is 23.8. The van der Waals surface area contributed by atoms with Crippen molar-refractivity contribution in [2.75, 3.05) is 6.26 Å². The highest BCUT2D eigenvalue weighted by atomic mass is 32.2. The van der Waals surface area contributed by atoms with E-state index in [-0.39, 0.29) is 5.92 Å². The third-order valence-corrected chi connectivity index (χ3v) is 4.06. The number of carboxylic acid groups (broad SMARTS) is 1. The quantitative estimate of drug-likeness (QED) is 0.720. The number of hydrogen-bond donors (Lipinski definition) is 2. The van der Waals surface area contributed by atoms with E-state index in [1.807, 2.05) is 0 Å². The Kier molecular flexibility index (Phi) is 6.41. The van der Waals surface area contributed by atoms with Gasteiger partial charge in [-0.2, -0.15) is 8.42 Å². The molecule has 0 bridgehead atoms. The first-order valence-electron chi connectivity index (χ1n) is 7.48. The zero-order valence-corrected chi connectivity index (χ0v) is 14.7. The maximum atomic E-state index is 11.8. The zero-order valence-electron chi connectivity index (χ0n) is 13.9. The summed E-state index contributed by atoms with van der Waals surface area (Å²) >= 11 is 0. The molecule has 134 valence electrons. The van der Waals surface area contributed by atoms with Crippen LogP contribution in [0, 0.1) is 5.92 Å². The Morgan fingerprint density at radius 3 is 2.09 bits per heavy atom. The molecule has 1 rings (SSSR count). The molecule has 0 saturated heterocycles. The standard InChI is InChI=1S/C14H25NO7S/c1-14(2,3)21-13(18)15-11(12(16)17)9-5-7-10(8-6-9)22-23(4,19)20/h9-11H,5-8H2,1-4H3,(H,15,18)(H,16,17)/t9?,10?,11-/m0/s1. The molecule has 1 aliphatic rings. The Bertz CT molecular complexity index is 530. The van der Waals surface area contributed by atoms with Crippen molar-refractivity contribution < 1.29 is 32.0 Å². The van der Waals surface area contributed by atoms with Gasteiger partial charge in [0, 0.05) is 0 Å². The summed E-state index contributed by atoms with van der Waals surface area (Å²) in [5.41, 5.74) is -0.714. The second-order valence-corrected chi connectivity index (χ2v) is 8.40. The van der Waals surface area contributed by atoms with Crippen molar-refractivity contribution in [2.45, 2.75) is 64.2 Å². The Labute approximate surface area is 136 Å².